The van der Waals surface area contributed by atoms with Gasteiger partial charge in [-0.25, -0.2) is 0 Å². The molecule has 0 unspecified atom stereocenters. The highest BCUT2D eigenvalue weighted by Gasteiger charge is 2.41. The second kappa shape index (κ2) is 5.62. The van der Waals surface area contributed by atoms with Crippen LogP contribution in [0.3, 0.4) is 0 Å². The number of carbonyl (C=O) groups excluding carboxylic acids is 1. The van der Waals surface area contributed by atoms with E-state index in [0.29, 0.717) is 0 Å². The highest BCUT2D eigenvalue weighted by Crippen LogP contribution is 2.36. The maximum atomic E-state index is 12.3. The minimum atomic E-state index is -2.02. The van der Waals surface area contributed by atoms with Crippen molar-refractivity contribution in [3.8, 4) is 17.6 Å². The van der Waals surface area contributed by atoms with E-state index in [4.69, 9.17) is 4.74 Å². The van der Waals surface area contributed by atoms with Crippen molar-refractivity contribution in [3.63, 3.8) is 0 Å². The number of benzene rings is 1. The molecule has 0 N–H and O–H groups in total. The van der Waals surface area contributed by atoms with Crippen LogP contribution in [0.25, 0.3) is 0 Å². The van der Waals surface area contributed by atoms with Crippen LogP contribution in [0.4, 0.5) is 0 Å². The summed E-state index contributed by atoms with van der Waals surface area (Å²) in [5, 5.41) is 0.134. The van der Waals surface area contributed by atoms with Crippen molar-refractivity contribution in [1.29, 1.82) is 0 Å². The molecule has 3 heteroatoms. The van der Waals surface area contributed by atoms with E-state index in [0.717, 1.165) is 11.3 Å². The van der Waals surface area contributed by atoms with Gasteiger partial charge in [0, 0.05) is 5.56 Å². The molecular weight excluding hydrogens is 252 g/mol. The standard InChI is InChI=1S/C16H22O2Si/c1-16(2,3)19(5,6)15(17)12-9-13-7-10-14(18-4)11-8-13/h7-8,10-11H,1-6H3. The summed E-state index contributed by atoms with van der Waals surface area (Å²) in [7, 11) is -0.390. The van der Waals surface area contributed by atoms with Gasteiger partial charge in [0.15, 0.2) is 5.41 Å². The zero-order valence-corrected chi connectivity index (χ0v) is 13.6. The number of carbonyl (C=O) groups is 1. The van der Waals surface area contributed by atoms with Gasteiger partial charge in [-0.05, 0) is 35.2 Å². The molecule has 0 saturated heterocycles. The molecule has 0 aliphatic heterocycles. The molecule has 0 aliphatic carbocycles. The van der Waals surface area contributed by atoms with Crippen molar-refractivity contribution < 1.29 is 9.53 Å². The van der Waals surface area contributed by atoms with Gasteiger partial charge in [0.25, 0.3) is 0 Å². The predicted molar refractivity (Wildman–Crippen MR) is 82.1 cm³/mol. The lowest BCUT2D eigenvalue weighted by Gasteiger charge is -2.33. The quantitative estimate of drug-likeness (QED) is 0.607. The van der Waals surface area contributed by atoms with E-state index in [9.17, 15) is 4.79 Å². The minimum Gasteiger partial charge on any atom is -0.497 e. The summed E-state index contributed by atoms with van der Waals surface area (Å²) in [4.78, 5) is 12.3. The molecule has 0 radical (unpaired) electrons. The van der Waals surface area contributed by atoms with E-state index in [1.807, 2.05) is 24.3 Å². The number of rotatable bonds is 2. The van der Waals surface area contributed by atoms with Crippen LogP contribution >= 0.6 is 0 Å². The van der Waals surface area contributed by atoms with E-state index < -0.39 is 8.07 Å². The Hall–Kier alpha value is -1.53. The predicted octanol–water partition coefficient (Wildman–Crippen LogP) is 3.66. The fourth-order valence-electron chi connectivity index (χ4n) is 1.30. The highest BCUT2D eigenvalue weighted by atomic mass is 28.3. The molecule has 1 rings (SSSR count). The number of hydrogen-bond acceptors (Lipinski definition) is 2. The Balaban J connectivity index is 2.91. The molecule has 0 amide bonds. The summed E-state index contributed by atoms with van der Waals surface area (Å²) in [6.07, 6.45) is 0. The Morgan fingerprint density at radius 3 is 2.11 bits per heavy atom. The zero-order valence-electron chi connectivity index (χ0n) is 12.6. The van der Waals surface area contributed by atoms with Gasteiger partial charge in [-0.2, -0.15) is 0 Å². The molecule has 0 aliphatic rings. The zero-order chi connectivity index (χ0) is 14.7. The van der Waals surface area contributed by atoms with Gasteiger partial charge in [-0.3, -0.25) is 4.79 Å². The lowest BCUT2D eigenvalue weighted by molar-refractivity contribution is -0.108. The van der Waals surface area contributed by atoms with Gasteiger partial charge in [-0.1, -0.05) is 39.8 Å². The molecule has 0 heterocycles. The summed E-state index contributed by atoms with van der Waals surface area (Å²) in [5.41, 5.74) is 0.841. The first kappa shape index (κ1) is 15.5. The second-order valence-corrected chi connectivity index (χ2v) is 11.4. The van der Waals surface area contributed by atoms with Crippen LogP contribution in [0.15, 0.2) is 24.3 Å². The van der Waals surface area contributed by atoms with E-state index in [-0.39, 0.29) is 10.4 Å². The molecular formula is C16H22O2Si. The molecule has 1 aromatic carbocycles. The topological polar surface area (TPSA) is 26.3 Å². The molecule has 102 valence electrons. The van der Waals surface area contributed by atoms with Crippen molar-refractivity contribution in [3.05, 3.63) is 29.8 Å². The monoisotopic (exact) mass is 274 g/mol. The van der Waals surface area contributed by atoms with E-state index in [1.54, 1.807) is 7.11 Å². The average Bonchev–Trinajstić information content (AvgIpc) is 2.35. The van der Waals surface area contributed by atoms with Gasteiger partial charge < -0.3 is 4.74 Å². The van der Waals surface area contributed by atoms with Crippen molar-refractivity contribution in [1.82, 2.24) is 0 Å². The van der Waals surface area contributed by atoms with Gasteiger partial charge in [0.05, 0.1) is 7.11 Å². The van der Waals surface area contributed by atoms with Crippen LogP contribution in [0.1, 0.15) is 26.3 Å². The maximum absolute atomic E-state index is 12.3. The van der Waals surface area contributed by atoms with Crippen molar-refractivity contribution in [2.75, 3.05) is 7.11 Å². The van der Waals surface area contributed by atoms with Gasteiger partial charge in [-0.15, -0.1) is 0 Å². The first-order valence-electron chi connectivity index (χ1n) is 6.39. The van der Waals surface area contributed by atoms with Crippen molar-refractivity contribution >= 4 is 13.5 Å². The third kappa shape index (κ3) is 3.71. The largest absolute Gasteiger partial charge is 0.497 e. The third-order valence-electron chi connectivity index (χ3n) is 3.85. The number of methoxy groups -OCH3 is 1. The molecule has 0 spiro atoms. The van der Waals surface area contributed by atoms with Gasteiger partial charge in [0.1, 0.15) is 13.8 Å². The molecule has 0 fully saturated rings. The lowest BCUT2D eigenvalue weighted by Crippen LogP contribution is -2.45. The average molecular weight is 274 g/mol. The van der Waals surface area contributed by atoms with Crippen LogP contribution in [-0.4, -0.2) is 20.6 Å². The third-order valence-corrected chi connectivity index (χ3v) is 8.86. The Labute approximate surface area is 117 Å². The second-order valence-electron chi connectivity index (χ2n) is 6.18. The Bertz CT molecular complexity index is 510. The Kier molecular flexibility index (Phi) is 4.59. The highest BCUT2D eigenvalue weighted by molar-refractivity contribution is 7.08. The molecule has 19 heavy (non-hydrogen) atoms. The SMILES string of the molecule is COc1ccc(C#CC(=O)[Si](C)(C)C(C)(C)C)cc1. The summed E-state index contributed by atoms with van der Waals surface area (Å²) in [6.45, 7) is 10.5. The first-order valence-corrected chi connectivity index (χ1v) is 9.39. The van der Waals surface area contributed by atoms with Gasteiger partial charge >= 0.3 is 0 Å². The minimum absolute atomic E-state index is 0.0265. The van der Waals surface area contributed by atoms with Crippen molar-refractivity contribution in [2.24, 2.45) is 0 Å². The number of ether oxygens (including phenoxy) is 1. The van der Waals surface area contributed by atoms with Crippen LogP contribution in [0.5, 0.6) is 5.75 Å². The molecule has 0 aromatic heterocycles. The van der Waals surface area contributed by atoms with Crippen LogP contribution in [0.2, 0.25) is 18.1 Å². The summed E-state index contributed by atoms with van der Waals surface area (Å²) in [5.74, 6) is 6.56. The normalized spacial score (nSPS) is 11.5. The molecule has 0 bridgehead atoms. The summed E-state index contributed by atoms with van der Waals surface area (Å²) < 4.78 is 5.09. The van der Waals surface area contributed by atoms with E-state index in [2.05, 4.69) is 45.7 Å². The fourth-order valence-corrected chi connectivity index (χ4v) is 2.36. The first-order chi connectivity index (χ1) is 8.68. The summed E-state index contributed by atoms with van der Waals surface area (Å²) >= 11 is 0. The summed E-state index contributed by atoms with van der Waals surface area (Å²) in [6, 6.07) is 7.43. The van der Waals surface area contributed by atoms with Crippen LogP contribution in [-0.2, 0) is 4.79 Å². The Morgan fingerprint density at radius 2 is 1.68 bits per heavy atom. The van der Waals surface area contributed by atoms with E-state index in [1.165, 1.54) is 0 Å². The van der Waals surface area contributed by atoms with E-state index >= 15 is 0 Å². The Morgan fingerprint density at radius 1 is 1.16 bits per heavy atom. The van der Waals surface area contributed by atoms with Gasteiger partial charge in [0.2, 0.25) is 0 Å². The molecule has 0 saturated carbocycles. The number of hydrogen-bond donors (Lipinski definition) is 0. The van der Waals surface area contributed by atoms with Crippen LogP contribution in [0, 0.1) is 11.8 Å². The van der Waals surface area contributed by atoms with Crippen molar-refractivity contribution in [2.45, 2.75) is 38.9 Å². The molecule has 1 aromatic rings. The molecule has 0 atom stereocenters. The van der Waals surface area contributed by atoms with Crippen LogP contribution < -0.4 is 4.74 Å². The molecule has 2 nitrogen and oxygen atoms in total. The smallest absolute Gasteiger partial charge is 0.181 e. The maximum Gasteiger partial charge on any atom is 0.181 e. The lowest BCUT2D eigenvalue weighted by atomic mass is 10.2. The fraction of sp³-hybridized carbons (Fsp3) is 0.438.